The fourth-order valence-corrected chi connectivity index (χ4v) is 3.33. The predicted octanol–water partition coefficient (Wildman–Crippen LogP) is 1.70. The highest BCUT2D eigenvalue weighted by Crippen LogP contribution is 2.24. The molecule has 116 valence electrons. The van der Waals surface area contributed by atoms with Gasteiger partial charge in [-0.05, 0) is 43.4 Å². The number of halogens is 1. The zero-order valence-corrected chi connectivity index (χ0v) is 12.7. The minimum atomic E-state index is -4.20. The van der Waals surface area contributed by atoms with E-state index < -0.39 is 26.6 Å². The third-order valence-corrected chi connectivity index (χ3v) is 4.73. The van der Waals surface area contributed by atoms with Gasteiger partial charge in [-0.2, -0.15) is 0 Å². The second-order valence-corrected chi connectivity index (χ2v) is 7.04. The first-order valence-corrected chi connectivity index (χ1v) is 8.45. The van der Waals surface area contributed by atoms with Crippen LogP contribution in [0.2, 0.25) is 0 Å². The summed E-state index contributed by atoms with van der Waals surface area (Å²) in [6.45, 7) is 1.96. The van der Waals surface area contributed by atoms with E-state index in [0.29, 0.717) is 12.5 Å². The normalized spacial score (nSPS) is 16.1. The van der Waals surface area contributed by atoms with E-state index in [4.69, 9.17) is 5.14 Å². The Morgan fingerprint density at radius 2 is 2.00 bits per heavy atom. The van der Waals surface area contributed by atoms with Crippen LogP contribution in [0.5, 0.6) is 0 Å². The summed E-state index contributed by atoms with van der Waals surface area (Å²) in [5.74, 6) is -0.854. The molecular formula is C14H19FN2O3S. The first-order chi connectivity index (χ1) is 9.79. The molecule has 2 rings (SSSR count). The second-order valence-electron chi connectivity index (χ2n) is 5.51. The van der Waals surface area contributed by atoms with Crippen molar-refractivity contribution >= 4 is 15.9 Å². The van der Waals surface area contributed by atoms with E-state index in [1.54, 1.807) is 0 Å². The van der Waals surface area contributed by atoms with E-state index in [0.717, 1.165) is 18.9 Å². The van der Waals surface area contributed by atoms with Crippen LogP contribution in [0.3, 0.4) is 0 Å². The van der Waals surface area contributed by atoms with Crippen molar-refractivity contribution in [2.75, 3.05) is 6.54 Å². The number of benzene rings is 1. The molecule has 0 atom stereocenters. The molecule has 3 N–H and O–H groups in total. The zero-order chi connectivity index (χ0) is 15.6. The Kier molecular flexibility index (Phi) is 4.63. The molecule has 0 aliphatic heterocycles. The molecule has 0 spiro atoms. The SMILES string of the molecule is Cc1cc(C(=O)NCC2CCCC2)cc(S(N)(=O)=O)c1F. The summed E-state index contributed by atoms with van der Waals surface area (Å²) in [7, 11) is -4.20. The lowest BCUT2D eigenvalue weighted by Crippen LogP contribution is -2.29. The predicted molar refractivity (Wildman–Crippen MR) is 76.8 cm³/mol. The lowest BCUT2D eigenvalue weighted by Gasteiger charge is -2.12. The minimum absolute atomic E-state index is 0.0764. The summed E-state index contributed by atoms with van der Waals surface area (Å²) < 4.78 is 36.5. The topological polar surface area (TPSA) is 89.3 Å². The Morgan fingerprint density at radius 3 is 2.57 bits per heavy atom. The van der Waals surface area contributed by atoms with Gasteiger partial charge >= 0.3 is 0 Å². The average molecular weight is 314 g/mol. The molecule has 0 saturated heterocycles. The second kappa shape index (κ2) is 6.11. The average Bonchev–Trinajstić information content (AvgIpc) is 2.90. The standard InChI is InChI=1S/C14H19FN2O3S/c1-9-6-11(7-12(13(9)15)21(16,19)20)14(18)17-8-10-4-2-3-5-10/h6-7,10H,2-5,8H2,1H3,(H,17,18)(H2,16,19,20). The van der Waals surface area contributed by atoms with Gasteiger partial charge in [0.2, 0.25) is 10.0 Å². The molecule has 0 unspecified atom stereocenters. The van der Waals surface area contributed by atoms with Crippen LogP contribution in [-0.4, -0.2) is 20.9 Å². The van der Waals surface area contributed by atoms with E-state index in [2.05, 4.69) is 5.32 Å². The van der Waals surface area contributed by atoms with E-state index in [1.165, 1.54) is 25.8 Å². The van der Waals surface area contributed by atoms with Crippen molar-refractivity contribution in [3.8, 4) is 0 Å². The van der Waals surface area contributed by atoms with Gasteiger partial charge in [-0.15, -0.1) is 0 Å². The molecule has 1 aliphatic rings. The van der Waals surface area contributed by atoms with Crippen molar-refractivity contribution in [1.29, 1.82) is 0 Å². The molecule has 1 aromatic carbocycles. The molecule has 0 bridgehead atoms. The maximum absolute atomic E-state index is 13.8. The zero-order valence-electron chi connectivity index (χ0n) is 11.9. The number of nitrogens with two attached hydrogens (primary N) is 1. The smallest absolute Gasteiger partial charge is 0.251 e. The van der Waals surface area contributed by atoms with Crippen molar-refractivity contribution in [2.45, 2.75) is 37.5 Å². The molecule has 1 amide bonds. The molecule has 1 aromatic rings. The minimum Gasteiger partial charge on any atom is -0.352 e. The summed E-state index contributed by atoms with van der Waals surface area (Å²) in [6, 6.07) is 2.32. The highest BCUT2D eigenvalue weighted by Gasteiger charge is 2.21. The van der Waals surface area contributed by atoms with Gasteiger partial charge in [0, 0.05) is 12.1 Å². The lowest BCUT2D eigenvalue weighted by molar-refractivity contribution is 0.0947. The Hall–Kier alpha value is -1.47. The molecule has 21 heavy (non-hydrogen) atoms. The van der Waals surface area contributed by atoms with Crippen molar-refractivity contribution < 1.29 is 17.6 Å². The number of carbonyl (C=O) groups excluding carboxylic acids is 1. The Morgan fingerprint density at radius 1 is 1.38 bits per heavy atom. The molecule has 0 heterocycles. The Labute approximate surface area is 123 Å². The molecular weight excluding hydrogens is 295 g/mol. The molecule has 1 fully saturated rings. The van der Waals surface area contributed by atoms with Gasteiger partial charge in [0.05, 0.1) is 0 Å². The van der Waals surface area contributed by atoms with Crippen molar-refractivity contribution in [3.05, 3.63) is 29.1 Å². The van der Waals surface area contributed by atoms with E-state index in [9.17, 15) is 17.6 Å². The summed E-state index contributed by atoms with van der Waals surface area (Å²) in [6.07, 6.45) is 4.52. The third kappa shape index (κ3) is 3.79. The number of aryl methyl sites for hydroxylation is 1. The van der Waals surface area contributed by atoms with Crippen LogP contribution in [0.1, 0.15) is 41.6 Å². The first kappa shape index (κ1) is 15.9. The monoisotopic (exact) mass is 314 g/mol. The highest BCUT2D eigenvalue weighted by atomic mass is 32.2. The summed E-state index contributed by atoms with van der Waals surface area (Å²) in [5.41, 5.74) is 0.184. The third-order valence-electron chi connectivity index (χ3n) is 3.82. The highest BCUT2D eigenvalue weighted by molar-refractivity contribution is 7.89. The van der Waals surface area contributed by atoms with E-state index in [-0.39, 0.29) is 11.1 Å². The summed E-state index contributed by atoms with van der Waals surface area (Å²) >= 11 is 0. The van der Waals surface area contributed by atoms with Gasteiger partial charge in [0.15, 0.2) is 0 Å². The van der Waals surface area contributed by atoms with Crippen molar-refractivity contribution in [1.82, 2.24) is 5.32 Å². The van der Waals surface area contributed by atoms with Gasteiger partial charge in [0.25, 0.3) is 5.91 Å². The number of sulfonamides is 1. The number of rotatable bonds is 4. The Bertz CT molecular complexity index is 652. The number of amides is 1. The maximum Gasteiger partial charge on any atom is 0.251 e. The molecule has 0 radical (unpaired) electrons. The van der Waals surface area contributed by atoms with Crippen LogP contribution < -0.4 is 10.5 Å². The van der Waals surface area contributed by atoms with E-state index in [1.807, 2.05) is 0 Å². The van der Waals surface area contributed by atoms with Crippen LogP contribution in [0.4, 0.5) is 4.39 Å². The van der Waals surface area contributed by atoms with E-state index >= 15 is 0 Å². The van der Waals surface area contributed by atoms with Crippen LogP contribution in [0.15, 0.2) is 17.0 Å². The van der Waals surface area contributed by atoms with Crippen LogP contribution in [0, 0.1) is 18.7 Å². The van der Waals surface area contributed by atoms with Crippen molar-refractivity contribution in [2.24, 2.45) is 11.1 Å². The number of hydrogen-bond donors (Lipinski definition) is 2. The fourth-order valence-electron chi connectivity index (χ4n) is 2.63. The molecule has 1 aliphatic carbocycles. The molecule has 0 aromatic heterocycles. The first-order valence-electron chi connectivity index (χ1n) is 6.90. The molecule has 5 nitrogen and oxygen atoms in total. The number of nitrogens with one attached hydrogen (secondary N) is 1. The fraction of sp³-hybridized carbons (Fsp3) is 0.500. The number of primary sulfonamides is 1. The lowest BCUT2D eigenvalue weighted by atomic mass is 10.1. The maximum atomic E-state index is 13.8. The van der Waals surface area contributed by atoms with Gasteiger partial charge in [-0.1, -0.05) is 12.8 Å². The molecule has 7 heteroatoms. The summed E-state index contributed by atoms with van der Waals surface area (Å²) in [5, 5.41) is 7.74. The van der Waals surface area contributed by atoms with Crippen LogP contribution in [0.25, 0.3) is 0 Å². The summed E-state index contributed by atoms with van der Waals surface area (Å²) in [4.78, 5) is 11.4. The van der Waals surface area contributed by atoms with Gasteiger partial charge in [-0.25, -0.2) is 17.9 Å². The number of carbonyl (C=O) groups is 1. The Balaban J connectivity index is 2.19. The van der Waals surface area contributed by atoms with Crippen LogP contribution in [-0.2, 0) is 10.0 Å². The quantitative estimate of drug-likeness (QED) is 0.886. The van der Waals surface area contributed by atoms with Gasteiger partial charge in [-0.3, -0.25) is 4.79 Å². The van der Waals surface area contributed by atoms with Gasteiger partial charge < -0.3 is 5.32 Å². The van der Waals surface area contributed by atoms with Crippen molar-refractivity contribution in [3.63, 3.8) is 0 Å². The molecule has 1 saturated carbocycles. The van der Waals surface area contributed by atoms with Crippen LogP contribution >= 0.6 is 0 Å². The van der Waals surface area contributed by atoms with Gasteiger partial charge in [0.1, 0.15) is 10.7 Å². The number of hydrogen-bond acceptors (Lipinski definition) is 3. The largest absolute Gasteiger partial charge is 0.352 e.